The van der Waals surface area contributed by atoms with Crippen LogP contribution in [0.4, 0.5) is 0 Å². The number of carbonyl (C=O) groups excluding carboxylic acids is 4. The SMILES string of the molecule is CC(=O)OC[C@@]12[C@@H](OC(C)=O)C[C@@H](C)[C@]3(C[C@@H](c4ccoc4)OC3=O)[C@H]1CC[C@H](OC(C)=O)[C@]21CO1. The molecule has 0 N–H and O–H groups in total. The number of rotatable bonds is 5. The van der Waals surface area contributed by atoms with E-state index in [0.29, 0.717) is 25.7 Å². The highest BCUT2D eigenvalue weighted by molar-refractivity contribution is 5.81. The summed E-state index contributed by atoms with van der Waals surface area (Å²) in [5.41, 5.74) is -2.34. The topological polar surface area (TPSA) is 131 Å². The molecule has 5 rings (SSSR count). The van der Waals surface area contributed by atoms with Gasteiger partial charge < -0.3 is 28.1 Å². The lowest BCUT2D eigenvalue weighted by Crippen LogP contribution is -2.71. The Bertz CT molecular complexity index is 1060. The fourth-order valence-corrected chi connectivity index (χ4v) is 7.48. The van der Waals surface area contributed by atoms with Gasteiger partial charge in [0.2, 0.25) is 0 Å². The van der Waals surface area contributed by atoms with Gasteiger partial charge in [-0.15, -0.1) is 0 Å². The van der Waals surface area contributed by atoms with Crippen molar-refractivity contribution in [2.24, 2.45) is 22.7 Å². The summed E-state index contributed by atoms with van der Waals surface area (Å²) >= 11 is 0. The van der Waals surface area contributed by atoms with E-state index in [1.54, 1.807) is 12.3 Å². The first-order valence-electron chi connectivity index (χ1n) is 12.4. The first-order chi connectivity index (χ1) is 17.1. The second kappa shape index (κ2) is 8.61. The zero-order valence-corrected chi connectivity index (χ0v) is 20.9. The molecule has 10 heteroatoms. The maximum atomic E-state index is 13.8. The van der Waals surface area contributed by atoms with Crippen molar-refractivity contribution < 1.29 is 47.3 Å². The molecular weight excluding hydrogens is 472 g/mol. The molecule has 1 aromatic heterocycles. The van der Waals surface area contributed by atoms with E-state index in [2.05, 4.69) is 0 Å². The molecule has 0 unspecified atom stereocenters. The molecule has 1 aromatic rings. The van der Waals surface area contributed by atoms with E-state index in [4.69, 9.17) is 28.1 Å². The Morgan fingerprint density at radius 2 is 1.75 bits per heavy atom. The molecule has 8 atom stereocenters. The lowest BCUT2D eigenvalue weighted by molar-refractivity contribution is -0.247. The maximum Gasteiger partial charge on any atom is 0.313 e. The average Bonchev–Trinajstić information content (AvgIpc) is 3.24. The van der Waals surface area contributed by atoms with E-state index in [0.717, 1.165) is 5.56 Å². The number of hydrogen-bond acceptors (Lipinski definition) is 10. The first kappa shape index (κ1) is 24.8. The number of carbonyl (C=O) groups is 4. The molecule has 2 aliphatic heterocycles. The van der Waals surface area contributed by atoms with Crippen molar-refractivity contribution >= 4 is 23.9 Å². The van der Waals surface area contributed by atoms with E-state index in [9.17, 15) is 19.2 Å². The molecule has 2 aliphatic carbocycles. The van der Waals surface area contributed by atoms with Crippen LogP contribution >= 0.6 is 0 Å². The average molecular weight is 505 g/mol. The molecule has 36 heavy (non-hydrogen) atoms. The molecule has 0 aromatic carbocycles. The summed E-state index contributed by atoms with van der Waals surface area (Å²) in [6.45, 7) is 6.03. The van der Waals surface area contributed by atoms with Gasteiger partial charge >= 0.3 is 23.9 Å². The van der Waals surface area contributed by atoms with Crippen LogP contribution in [0.25, 0.3) is 0 Å². The van der Waals surface area contributed by atoms with Gasteiger partial charge in [0.25, 0.3) is 0 Å². The Morgan fingerprint density at radius 1 is 1.06 bits per heavy atom. The number of cyclic esters (lactones) is 1. The molecule has 4 fully saturated rings. The first-order valence-corrected chi connectivity index (χ1v) is 12.4. The molecule has 10 nitrogen and oxygen atoms in total. The Labute approximate surface area is 208 Å². The Balaban J connectivity index is 1.65. The van der Waals surface area contributed by atoms with Crippen LogP contribution in [0.2, 0.25) is 0 Å². The van der Waals surface area contributed by atoms with Gasteiger partial charge in [-0.2, -0.15) is 0 Å². The van der Waals surface area contributed by atoms with E-state index in [1.165, 1.54) is 27.0 Å². The second-order valence-corrected chi connectivity index (χ2v) is 10.7. The van der Waals surface area contributed by atoms with Crippen molar-refractivity contribution in [2.45, 2.75) is 77.3 Å². The van der Waals surface area contributed by atoms with Crippen LogP contribution in [0.3, 0.4) is 0 Å². The highest BCUT2D eigenvalue weighted by Gasteiger charge is 2.81. The van der Waals surface area contributed by atoms with Crippen molar-refractivity contribution in [3.05, 3.63) is 24.2 Å². The Kier molecular flexibility index (Phi) is 5.93. The van der Waals surface area contributed by atoms with Gasteiger partial charge in [0, 0.05) is 32.8 Å². The second-order valence-electron chi connectivity index (χ2n) is 10.7. The van der Waals surface area contributed by atoms with Gasteiger partial charge in [-0.05, 0) is 37.2 Å². The van der Waals surface area contributed by atoms with Crippen molar-refractivity contribution in [3.63, 3.8) is 0 Å². The molecule has 2 saturated carbocycles. The summed E-state index contributed by atoms with van der Waals surface area (Å²) in [7, 11) is 0. The summed E-state index contributed by atoms with van der Waals surface area (Å²) < 4.78 is 34.6. The minimum Gasteiger partial charge on any atom is -0.472 e. The summed E-state index contributed by atoms with van der Waals surface area (Å²) in [6.07, 6.45) is 2.93. The summed E-state index contributed by atoms with van der Waals surface area (Å²) in [4.78, 5) is 50.2. The Hall–Kier alpha value is -2.88. The molecule has 3 heterocycles. The monoisotopic (exact) mass is 504 g/mol. The predicted molar refractivity (Wildman–Crippen MR) is 120 cm³/mol. The molecule has 2 spiro atoms. The predicted octanol–water partition coefficient (Wildman–Crippen LogP) is 2.89. The van der Waals surface area contributed by atoms with Gasteiger partial charge in [-0.25, -0.2) is 0 Å². The standard InChI is InChI=1S/C26H32O10/c1-14-9-22(35-17(4)29)25(12-32-15(2)27)20(5-6-21(34-16(3)28)26(25)13-33-26)24(14)10-19(36-23(24)30)18-7-8-31-11-18/h7-8,11,14,19-22H,5-6,9-10,12-13H2,1-4H3/t14-,19+,20-,21+,22+,24-,25+,26-/m1/s1. The zero-order valence-electron chi connectivity index (χ0n) is 20.9. The number of epoxide rings is 1. The summed E-state index contributed by atoms with van der Waals surface area (Å²) in [5, 5.41) is 0. The molecule has 0 bridgehead atoms. The highest BCUT2D eigenvalue weighted by atomic mass is 16.6. The van der Waals surface area contributed by atoms with Gasteiger partial charge in [0.15, 0.2) is 0 Å². The third-order valence-corrected chi connectivity index (χ3v) is 8.94. The van der Waals surface area contributed by atoms with Crippen molar-refractivity contribution in [1.82, 2.24) is 0 Å². The van der Waals surface area contributed by atoms with Crippen LogP contribution in [-0.4, -0.2) is 54.9 Å². The highest BCUT2D eigenvalue weighted by Crippen LogP contribution is 2.71. The van der Waals surface area contributed by atoms with Crippen LogP contribution in [-0.2, 0) is 42.9 Å². The van der Waals surface area contributed by atoms with Gasteiger partial charge in [0.05, 0.1) is 30.0 Å². The van der Waals surface area contributed by atoms with Crippen LogP contribution < -0.4 is 0 Å². The number of hydrogen-bond donors (Lipinski definition) is 0. The largest absolute Gasteiger partial charge is 0.472 e. The molecule has 196 valence electrons. The van der Waals surface area contributed by atoms with Crippen molar-refractivity contribution in [3.8, 4) is 0 Å². The van der Waals surface area contributed by atoms with Gasteiger partial charge in [0.1, 0.15) is 30.5 Å². The number of ether oxygens (including phenoxy) is 5. The van der Waals surface area contributed by atoms with E-state index < -0.39 is 58.6 Å². The summed E-state index contributed by atoms with van der Waals surface area (Å²) in [6, 6.07) is 1.78. The fraction of sp³-hybridized carbons (Fsp3) is 0.692. The minimum absolute atomic E-state index is 0.138. The van der Waals surface area contributed by atoms with E-state index >= 15 is 0 Å². The lowest BCUT2D eigenvalue weighted by atomic mass is 9.42. The normalized spacial score (nSPS) is 40.9. The molecular formula is C26H32O10. The Morgan fingerprint density at radius 3 is 2.33 bits per heavy atom. The lowest BCUT2D eigenvalue weighted by Gasteiger charge is -2.62. The molecule has 0 amide bonds. The van der Waals surface area contributed by atoms with Crippen molar-refractivity contribution in [2.75, 3.05) is 13.2 Å². The number of esters is 4. The van der Waals surface area contributed by atoms with Crippen LogP contribution in [0.5, 0.6) is 0 Å². The van der Waals surface area contributed by atoms with Crippen molar-refractivity contribution in [1.29, 1.82) is 0 Å². The quantitative estimate of drug-likeness (QED) is 0.335. The fourth-order valence-electron chi connectivity index (χ4n) is 7.48. The number of fused-ring (bicyclic) bond motifs is 3. The van der Waals surface area contributed by atoms with E-state index in [1.807, 2.05) is 6.92 Å². The maximum absolute atomic E-state index is 13.8. The smallest absolute Gasteiger partial charge is 0.313 e. The van der Waals surface area contributed by atoms with Gasteiger partial charge in [-0.1, -0.05) is 6.92 Å². The summed E-state index contributed by atoms with van der Waals surface area (Å²) in [5.74, 6) is -2.41. The van der Waals surface area contributed by atoms with E-state index in [-0.39, 0.29) is 25.1 Å². The third kappa shape index (κ3) is 3.48. The number of furan rings is 1. The van der Waals surface area contributed by atoms with Crippen LogP contribution in [0, 0.1) is 22.7 Å². The third-order valence-electron chi connectivity index (χ3n) is 8.94. The van der Waals surface area contributed by atoms with Gasteiger partial charge in [-0.3, -0.25) is 19.2 Å². The van der Waals surface area contributed by atoms with Crippen LogP contribution in [0.15, 0.2) is 23.0 Å². The molecule has 2 saturated heterocycles. The zero-order chi connectivity index (χ0) is 25.9. The van der Waals surface area contributed by atoms with Crippen LogP contribution in [0.1, 0.15) is 65.0 Å². The molecule has 0 radical (unpaired) electrons. The minimum atomic E-state index is -1.11. The molecule has 4 aliphatic rings.